The second kappa shape index (κ2) is 10.2. The number of halogens is 1. The van der Waals surface area contributed by atoms with E-state index in [0.29, 0.717) is 22.1 Å². The van der Waals surface area contributed by atoms with Gasteiger partial charge in [0.2, 0.25) is 0 Å². The highest BCUT2D eigenvalue weighted by Gasteiger charge is 2.17. The van der Waals surface area contributed by atoms with Gasteiger partial charge in [-0.3, -0.25) is 9.89 Å². The van der Waals surface area contributed by atoms with E-state index in [2.05, 4.69) is 15.4 Å². The number of amides is 1. The number of carbonyl (C=O) groups excluding carboxylic acids is 1. The first-order valence-electron chi connectivity index (χ1n) is 12.5. The number of aromatic amines is 1. The number of nitrogens with one attached hydrogen (secondary N) is 2. The molecule has 0 saturated heterocycles. The molecule has 0 aliphatic rings. The van der Waals surface area contributed by atoms with Crippen LogP contribution in [0.25, 0.3) is 27.9 Å². The smallest absolute Gasteiger partial charge is 0.265 e. The van der Waals surface area contributed by atoms with Gasteiger partial charge in [-0.1, -0.05) is 60.1 Å². The number of fused-ring (bicyclic) bond motifs is 3. The lowest BCUT2D eigenvalue weighted by molar-refractivity contribution is -0.122. The van der Waals surface area contributed by atoms with Crippen molar-refractivity contribution in [1.82, 2.24) is 14.6 Å². The fraction of sp³-hybridized carbons (Fsp3) is 0.0968. The fourth-order valence-corrected chi connectivity index (χ4v) is 4.79. The molecule has 0 radical (unpaired) electrons. The summed E-state index contributed by atoms with van der Waals surface area (Å²) in [5.41, 5.74) is 6.99. The Morgan fingerprint density at radius 1 is 0.974 bits per heavy atom. The van der Waals surface area contributed by atoms with E-state index < -0.39 is 6.10 Å². The van der Waals surface area contributed by atoms with Crippen molar-refractivity contribution in [3.05, 3.63) is 113 Å². The molecule has 0 spiro atoms. The number of hydrogen-bond donors (Lipinski definition) is 3. The minimum absolute atomic E-state index is 0.250. The van der Waals surface area contributed by atoms with Crippen LogP contribution in [-0.4, -0.2) is 31.7 Å². The Kier molecular flexibility index (Phi) is 6.42. The molecule has 4 aromatic carbocycles. The summed E-state index contributed by atoms with van der Waals surface area (Å²) in [6.45, 7) is 1.72. The van der Waals surface area contributed by atoms with Crippen LogP contribution in [0.1, 0.15) is 18.1 Å². The maximum absolute atomic E-state index is 12.8. The van der Waals surface area contributed by atoms with Crippen molar-refractivity contribution in [3.8, 4) is 22.8 Å². The molecule has 7 nitrogen and oxygen atoms in total. The van der Waals surface area contributed by atoms with E-state index in [-0.39, 0.29) is 11.7 Å². The van der Waals surface area contributed by atoms with Gasteiger partial charge in [0.25, 0.3) is 5.91 Å². The van der Waals surface area contributed by atoms with Gasteiger partial charge in [0.05, 0.1) is 16.7 Å². The fourth-order valence-electron chi connectivity index (χ4n) is 4.51. The number of phenols is 1. The van der Waals surface area contributed by atoms with Crippen molar-refractivity contribution >= 4 is 39.9 Å². The predicted molar refractivity (Wildman–Crippen MR) is 154 cm³/mol. The standard InChI is InChI=1S/C31H25ClN4O3/c1-19(39-25-16-8-21(9-17-25)18-20-6-14-24(37)15-7-20)31(38)33-23-12-10-22(11-13-23)29-28(32)30-34-26-4-2-3-5-27(26)36(30)35-29/h2-17,19,35,37H,18H2,1H3,(H,33,38). The van der Waals surface area contributed by atoms with Gasteiger partial charge in [0.1, 0.15) is 16.5 Å². The number of carbonyl (C=O) groups is 1. The van der Waals surface area contributed by atoms with E-state index in [9.17, 15) is 9.90 Å². The van der Waals surface area contributed by atoms with Crippen LogP contribution >= 0.6 is 11.6 Å². The van der Waals surface area contributed by atoms with E-state index in [1.54, 1.807) is 19.1 Å². The van der Waals surface area contributed by atoms with Gasteiger partial charge < -0.3 is 15.2 Å². The Morgan fingerprint density at radius 2 is 1.64 bits per heavy atom. The molecular formula is C31H25ClN4O3. The number of para-hydroxylation sites is 2. The Hall–Kier alpha value is -4.75. The summed E-state index contributed by atoms with van der Waals surface area (Å²) >= 11 is 6.65. The van der Waals surface area contributed by atoms with Gasteiger partial charge in [-0.2, -0.15) is 0 Å². The Balaban J connectivity index is 1.09. The summed E-state index contributed by atoms with van der Waals surface area (Å²) in [5, 5.41) is 16.2. The minimum Gasteiger partial charge on any atom is -0.508 e. The lowest BCUT2D eigenvalue weighted by Gasteiger charge is -2.15. The number of aromatic hydroxyl groups is 1. The molecule has 2 aromatic heterocycles. The van der Waals surface area contributed by atoms with Crippen LogP contribution in [0.5, 0.6) is 11.5 Å². The quantitative estimate of drug-likeness (QED) is 0.208. The van der Waals surface area contributed by atoms with Gasteiger partial charge in [0.15, 0.2) is 11.8 Å². The van der Waals surface area contributed by atoms with Crippen LogP contribution in [0.4, 0.5) is 5.69 Å². The van der Waals surface area contributed by atoms with Crippen molar-refractivity contribution in [1.29, 1.82) is 0 Å². The number of rotatable bonds is 7. The van der Waals surface area contributed by atoms with E-state index in [1.165, 1.54) is 0 Å². The number of H-pyrrole nitrogens is 1. The summed E-state index contributed by atoms with van der Waals surface area (Å²) in [6, 6.07) is 30.1. The summed E-state index contributed by atoms with van der Waals surface area (Å²) in [7, 11) is 0. The maximum Gasteiger partial charge on any atom is 0.265 e. The van der Waals surface area contributed by atoms with Crippen LogP contribution in [-0.2, 0) is 11.2 Å². The normalized spacial score (nSPS) is 12.1. The molecule has 3 N–H and O–H groups in total. The number of anilines is 1. The monoisotopic (exact) mass is 536 g/mol. The SMILES string of the molecule is CC(Oc1ccc(Cc2ccc(O)cc2)cc1)C(=O)Nc1ccc(-c2[nH]n3c(nc4ccccc43)c2Cl)cc1. The van der Waals surface area contributed by atoms with Crippen molar-refractivity contribution in [2.45, 2.75) is 19.4 Å². The highest BCUT2D eigenvalue weighted by atomic mass is 35.5. The van der Waals surface area contributed by atoms with E-state index in [1.807, 2.05) is 89.4 Å². The number of hydrogen-bond acceptors (Lipinski definition) is 4. The number of ether oxygens (including phenoxy) is 1. The molecule has 0 bridgehead atoms. The summed E-state index contributed by atoms with van der Waals surface area (Å²) in [4.78, 5) is 17.4. The average molecular weight is 537 g/mol. The number of imidazole rings is 1. The number of nitrogens with zero attached hydrogens (tertiary/aromatic N) is 2. The van der Waals surface area contributed by atoms with E-state index >= 15 is 0 Å². The average Bonchev–Trinajstić information content (AvgIpc) is 3.48. The van der Waals surface area contributed by atoms with Crippen LogP contribution < -0.4 is 10.1 Å². The third kappa shape index (κ3) is 5.04. The molecule has 6 aromatic rings. The van der Waals surface area contributed by atoms with Gasteiger partial charge in [0, 0.05) is 11.3 Å². The molecule has 194 valence electrons. The molecule has 1 amide bonds. The maximum atomic E-state index is 12.8. The van der Waals surface area contributed by atoms with Crippen molar-refractivity contribution < 1.29 is 14.6 Å². The zero-order valence-electron chi connectivity index (χ0n) is 21.1. The molecular weight excluding hydrogens is 512 g/mol. The summed E-state index contributed by atoms with van der Waals surface area (Å²) in [5.74, 6) is 0.612. The third-order valence-corrected chi connectivity index (χ3v) is 6.95. The Bertz CT molecular complexity index is 1770. The molecule has 8 heteroatoms. The summed E-state index contributed by atoms with van der Waals surface area (Å²) < 4.78 is 7.74. The van der Waals surface area contributed by atoms with Gasteiger partial charge >= 0.3 is 0 Å². The number of phenolic OH excluding ortho intramolecular Hbond substituents is 1. The highest BCUT2D eigenvalue weighted by molar-refractivity contribution is 6.36. The third-order valence-electron chi connectivity index (χ3n) is 6.59. The van der Waals surface area contributed by atoms with Crippen LogP contribution in [0.3, 0.4) is 0 Å². The van der Waals surface area contributed by atoms with E-state index in [0.717, 1.165) is 39.8 Å². The molecule has 6 rings (SSSR count). The molecule has 0 saturated carbocycles. The first-order chi connectivity index (χ1) is 18.9. The molecule has 0 aliphatic heterocycles. The van der Waals surface area contributed by atoms with Gasteiger partial charge in [-0.25, -0.2) is 9.50 Å². The zero-order chi connectivity index (χ0) is 26.9. The largest absolute Gasteiger partial charge is 0.508 e. The molecule has 2 heterocycles. The zero-order valence-corrected chi connectivity index (χ0v) is 21.8. The second-order valence-corrected chi connectivity index (χ2v) is 9.75. The number of aromatic nitrogens is 3. The van der Waals surface area contributed by atoms with Gasteiger partial charge in [-0.15, -0.1) is 0 Å². The van der Waals surface area contributed by atoms with E-state index in [4.69, 9.17) is 16.3 Å². The predicted octanol–water partition coefficient (Wildman–Crippen LogP) is 6.84. The molecule has 1 unspecified atom stereocenters. The lowest BCUT2D eigenvalue weighted by Crippen LogP contribution is -2.30. The molecule has 1 atom stereocenters. The minimum atomic E-state index is -0.688. The summed E-state index contributed by atoms with van der Waals surface area (Å²) in [6.07, 6.45) is 0.0514. The molecule has 0 fully saturated rings. The second-order valence-electron chi connectivity index (χ2n) is 9.37. The topological polar surface area (TPSA) is 91.6 Å². The lowest BCUT2D eigenvalue weighted by atomic mass is 10.0. The van der Waals surface area contributed by atoms with Crippen molar-refractivity contribution in [3.63, 3.8) is 0 Å². The van der Waals surface area contributed by atoms with Crippen molar-refractivity contribution in [2.75, 3.05) is 5.32 Å². The van der Waals surface area contributed by atoms with Crippen LogP contribution in [0, 0.1) is 0 Å². The van der Waals surface area contributed by atoms with Crippen molar-refractivity contribution in [2.24, 2.45) is 0 Å². The van der Waals surface area contributed by atoms with Crippen LogP contribution in [0.15, 0.2) is 97.1 Å². The molecule has 39 heavy (non-hydrogen) atoms. The van der Waals surface area contributed by atoms with Crippen LogP contribution in [0.2, 0.25) is 5.02 Å². The number of benzene rings is 4. The Morgan fingerprint density at radius 3 is 2.36 bits per heavy atom. The Labute approximate surface area is 229 Å². The molecule has 0 aliphatic carbocycles. The highest BCUT2D eigenvalue weighted by Crippen LogP contribution is 2.33. The van der Waals surface area contributed by atoms with Gasteiger partial charge in [-0.05, 0) is 73.0 Å². The first kappa shape index (κ1) is 24.6. The first-order valence-corrected chi connectivity index (χ1v) is 12.9.